The van der Waals surface area contributed by atoms with Crippen LogP contribution in [0.25, 0.3) is 0 Å². The van der Waals surface area contributed by atoms with Crippen LogP contribution in [0.15, 0.2) is 18.2 Å². The molecule has 0 aromatic heterocycles. The summed E-state index contributed by atoms with van der Waals surface area (Å²) in [5.74, 6) is 0.0589. The van der Waals surface area contributed by atoms with Crippen molar-refractivity contribution >= 4 is 0 Å². The van der Waals surface area contributed by atoms with E-state index in [1.54, 1.807) is 12.1 Å². The average Bonchev–Trinajstić information content (AvgIpc) is 2.43. The van der Waals surface area contributed by atoms with Crippen molar-refractivity contribution in [3.05, 3.63) is 29.6 Å². The summed E-state index contributed by atoms with van der Waals surface area (Å²) in [7, 11) is 3.66. The van der Waals surface area contributed by atoms with Gasteiger partial charge in [0.1, 0.15) is 0 Å². The van der Waals surface area contributed by atoms with Gasteiger partial charge in [0.2, 0.25) is 0 Å². The summed E-state index contributed by atoms with van der Waals surface area (Å²) in [6.45, 7) is 2.63. The van der Waals surface area contributed by atoms with Gasteiger partial charge in [0.05, 0.1) is 7.11 Å². The van der Waals surface area contributed by atoms with Crippen molar-refractivity contribution in [3.8, 4) is 5.75 Å². The van der Waals surface area contributed by atoms with E-state index in [0.717, 1.165) is 6.54 Å². The smallest absolute Gasteiger partial charge is 0.169 e. The predicted molar refractivity (Wildman–Crippen MR) is 74.9 cm³/mol. The van der Waals surface area contributed by atoms with E-state index in [1.165, 1.54) is 32.9 Å². The first kappa shape index (κ1) is 14.3. The molecule has 19 heavy (non-hydrogen) atoms. The highest BCUT2D eigenvalue weighted by Gasteiger charge is 2.18. The minimum atomic E-state index is -0.255. The van der Waals surface area contributed by atoms with Gasteiger partial charge in [0.25, 0.3) is 0 Å². The zero-order chi connectivity index (χ0) is 13.7. The lowest BCUT2D eigenvalue weighted by Gasteiger charge is -2.32. The van der Waals surface area contributed by atoms with E-state index in [1.807, 2.05) is 6.07 Å². The lowest BCUT2D eigenvalue weighted by atomic mass is 10.0. The van der Waals surface area contributed by atoms with Crippen molar-refractivity contribution in [3.63, 3.8) is 0 Å². The van der Waals surface area contributed by atoms with E-state index in [9.17, 15) is 4.39 Å². The fourth-order valence-electron chi connectivity index (χ4n) is 2.63. The maximum atomic E-state index is 13.9. The predicted octanol–water partition coefficient (Wildman–Crippen LogP) is 2.41. The van der Waals surface area contributed by atoms with Crippen molar-refractivity contribution in [1.29, 1.82) is 0 Å². The Morgan fingerprint density at radius 2 is 2.26 bits per heavy atom. The molecule has 1 fully saturated rings. The van der Waals surface area contributed by atoms with E-state index >= 15 is 0 Å². The number of halogens is 1. The van der Waals surface area contributed by atoms with Crippen LogP contribution in [0.1, 0.15) is 24.8 Å². The van der Waals surface area contributed by atoms with Crippen molar-refractivity contribution in [2.45, 2.75) is 31.8 Å². The fraction of sp³-hybridized carbons (Fsp3) is 0.600. The van der Waals surface area contributed by atoms with Gasteiger partial charge in [-0.1, -0.05) is 18.6 Å². The van der Waals surface area contributed by atoms with Crippen LogP contribution in [0.4, 0.5) is 4.39 Å². The molecule has 0 spiro atoms. The number of likely N-dealkylation sites (tertiary alicyclic amines) is 1. The number of likely N-dealkylation sites (N-methyl/N-ethyl adjacent to an activating group) is 1. The van der Waals surface area contributed by atoms with Crippen LogP contribution in [-0.4, -0.2) is 38.2 Å². The molecular weight excluding hydrogens is 243 g/mol. The van der Waals surface area contributed by atoms with Crippen LogP contribution in [-0.2, 0) is 6.54 Å². The van der Waals surface area contributed by atoms with Crippen molar-refractivity contribution < 1.29 is 9.13 Å². The highest BCUT2D eigenvalue weighted by atomic mass is 19.1. The first-order valence-corrected chi connectivity index (χ1v) is 6.94. The molecule has 1 aromatic carbocycles. The number of piperidine rings is 1. The second kappa shape index (κ2) is 6.87. The number of hydrogen-bond donors (Lipinski definition) is 1. The monoisotopic (exact) mass is 266 g/mol. The molecule has 0 bridgehead atoms. The summed E-state index contributed by atoms with van der Waals surface area (Å²) in [5, 5.41) is 3.36. The number of hydrogen-bond acceptors (Lipinski definition) is 3. The van der Waals surface area contributed by atoms with Crippen LogP contribution in [0, 0.1) is 5.82 Å². The first-order valence-electron chi connectivity index (χ1n) is 6.94. The van der Waals surface area contributed by atoms with Crippen molar-refractivity contribution in [1.82, 2.24) is 10.2 Å². The lowest BCUT2D eigenvalue weighted by molar-refractivity contribution is 0.181. The lowest BCUT2D eigenvalue weighted by Crippen LogP contribution is -2.42. The van der Waals surface area contributed by atoms with Gasteiger partial charge in [-0.3, -0.25) is 0 Å². The largest absolute Gasteiger partial charge is 0.494 e. The van der Waals surface area contributed by atoms with Gasteiger partial charge in [0.15, 0.2) is 11.6 Å². The number of ether oxygens (including phenoxy) is 1. The molecular formula is C15H23FN2O. The Kier molecular flexibility index (Phi) is 5.16. The van der Waals surface area contributed by atoms with E-state index in [0.29, 0.717) is 23.9 Å². The molecule has 2 rings (SSSR count). The fourth-order valence-corrected chi connectivity index (χ4v) is 2.63. The molecule has 1 aliphatic heterocycles. The molecule has 1 atom stereocenters. The van der Waals surface area contributed by atoms with E-state index in [2.05, 4.69) is 17.3 Å². The highest BCUT2D eigenvalue weighted by molar-refractivity contribution is 5.30. The third-order valence-corrected chi connectivity index (χ3v) is 3.88. The van der Waals surface area contributed by atoms with Gasteiger partial charge in [-0.15, -0.1) is 0 Å². The molecule has 3 nitrogen and oxygen atoms in total. The van der Waals surface area contributed by atoms with Crippen molar-refractivity contribution in [2.24, 2.45) is 0 Å². The van der Waals surface area contributed by atoms with Crippen LogP contribution in [0.5, 0.6) is 5.75 Å². The standard InChI is InChI=1S/C15H23FN2O/c1-18-9-4-3-7-13(18)11-17-10-12-6-5-8-14(19-2)15(12)16/h5-6,8,13,17H,3-4,7,9-11H2,1-2H3. The molecule has 1 heterocycles. The first-order chi connectivity index (χ1) is 9.22. The van der Waals surface area contributed by atoms with Crippen LogP contribution >= 0.6 is 0 Å². The number of nitrogens with one attached hydrogen (secondary N) is 1. The maximum absolute atomic E-state index is 13.9. The summed E-state index contributed by atoms with van der Waals surface area (Å²) < 4.78 is 18.9. The zero-order valence-corrected chi connectivity index (χ0v) is 11.8. The Bertz CT molecular complexity index is 411. The van der Waals surface area contributed by atoms with E-state index in [4.69, 9.17) is 4.74 Å². The average molecular weight is 266 g/mol. The van der Waals surface area contributed by atoms with Crippen LogP contribution in [0.3, 0.4) is 0 Å². The topological polar surface area (TPSA) is 24.5 Å². The SMILES string of the molecule is COc1cccc(CNCC2CCCCN2C)c1F. The van der Waals surface area contributed by atoms with Gasteiger partial charge >= 0.3 is 0 Å². The summed E-state index contributed by atoms with van der Waals surface area (Å²) in [5.41, 5.74) is 0.665. The molecule has 1 N–H and O–H groups in total. The molecule has 0 aliphatic carbocycles. The molecule has 1 aliphatic rings. The minimum absolute atomic E-state index is 0.255. The number of rotatable bonds is 5. The van der Waals surface area contributed by atoms with E-state index < -0.39 is 0 Å². The minimum Gasteiger partial charge on any atom is -0.494 e. The number of benzene rings is 1. The Labute approximate surface area is 114 Å². The Morgan fingerprint density at radius 3 is 3.00 bits per heavy atom. The molecule has 0 saturated carbocycles. The summed E-state index contributed by atoms with van der Waals surface area (Å²) in [4.78, 5) is 2.39. The molecule has 4 heteroatoms. The van der Waals surface area contributed by atoms with Gasteiger partial charge in [-0.05, 0) is 32.5 Å². The second-order valence-electron chi connectivity index (χ2n) is 5.19. The molecule has 1 aromatic rings. The third kappa shape index (κ3) is 3.67. The van der Waals surface area contributed by atoms with Gasteiger partial charge in [-0.2, -0.15) is 0 Å². The highest BCUT2D eigenvalue weighted by Crippen LogP contribution is 2.20. The number of methoxy groups -OCH3 is 1. The van der Waals surface area contributed by atoms with E-state index in [-0.39, 0.29) is 5.82 Å². The Morgan fingerprint density at radius 1 is 1.42 bits per heavy atom. The molecule has 106 valence electrons. The third-order valence-electron chi connectivity index (χ3n) is 3.88. The summed E-state index contributed by atoms with van der Waals surface area (Å²) >= 11 is 0. The molecule has 0 amide bonds. The Hall–Kier alpha value is -1.13. The van der Waals surface area contributed by atoms with Crippen LogP contribution < -0.4 is 10.1 Å². The molecule has 1 saturated heterocycles. The summed E-state index contributed by atoms with van der Waals surface area (Å²) in [6.07, 6.45) is 3.81. The van der Waals surface area contributed by atoms with Gasteiger partial charge < -0.3 is 15.0 Å². The van der Waals surface area contributed by atoms with Gasteiger partial charge in [0, 0.05) is 24.7 Å². The van der Waals surface area contributed by atoms with Crippen LogP contribution in [0.2, 0.25) is 0 Å². The Balaban J connectivity index is 1.85. The molecule has 0 radical (unpaired) electrons. The zero-order valence-electron chi connectivity index (χ0n) is 11.8. The molecule has 1 unspecified atom stereocenters. The normalized spacial score (nSPS) is 20.5. The summed E-state index contributed by atoms with van der Waals surface area (Å²) in [6, 6.07) is 5.84. The van der Waals surface area contributed by atoms with Crippen molar-refractivity contribution in [2.75, 3.05) is 27.2 Å². The number of nitrogens with zero attached hydrogens (tertiary/aromatic N) is 1. The maximum Gasteiger partial charge on any atom is 0.169 e. The quantitative estimate of drug-likeness (QED) is 0.885. The second-order valence-corrected chi connectivity index (χ2v) is 5.19. The van der Waals surface area contributed by atoms with Gasteiger partial charge in [-0.25, -0.2) is 4.39 Å².